The first-order valence-corrected chi connectivity index (χ1v) is 14.0. The molecule has 4 heterocycles. The fourth-order valence-corrected chi connectivity index (χ4v) is 6.39. The number of aromatic nitrogens is 3. The zero-order valence-electron chi connectivity index (χ0n) is 19.5. The van der Waals surface area contributed by atoms with Gasteiger partial charge in [0.15, 0.2) is 9.84 Å². The number of nitrogens with zero attached hydrogens (tertiary/aromatic N) is 5. The summed E-state index contributed by atoms with van der Waals surface area (Å²) in [5, 5.41) is 5.63. The lowest BCUT2D eigenvalue weighted by molar-refractivity contribution is 0.313. The summed E-state index contributed by atoms with van der Waals surface area (Å²) in [7, 11) is -1.26. The number of sulfone groups is 1. The first-order chi connectivity index (χ1) is 16.8. The van der Waals surface area contributed by atoms with Crippen LogP contribution in [0, 0.1) is 0 Å². The van der Waals surface area contributed by atoms with Gasteiger partial charge < -0.3 is 15.1 Å². The van der Waals surface area contributed by atoms with Gasteiger partial charge in [0.05, 0.1) is 11.4 Å². The van der Waals surface area contributed by atoms with E-state index in [9.17, 15) is 13.2 Å². The van der Waals surface area contributed by atoms with Crippen molar-refractivity contribution in [3.8, 4) is 0 Å². The van der Waals surface area contributed by atoms with Gasteiger partial charge in [-0.2, -0.15) is 4.98 Å². The first kappa shape index (κ1) is 23.5. The maximum absolute atomic E-state index is 12.7. The van der Waals surface area contributed by atoms with E-state index < -0.39 is 9.84 Å². The lowest BCUT2D eigenvalue weighted by Gasteiger charge is -2.34. The van der Waals surface area contributed by atoms with Crippen molar-refractivity contribution in [2.24, 2.45) is 0 Å². The average Bonchev–Trinajstić information content (AvgIpc) is 3.31. The van der Waals surface area contributed by atoms with E-state index in [1.807, 2.05) is 12.1 Å². The summed E-state index contributed by atoms with van der Waals surface area (Å²) in [5.74, 6) is 0.360. The van der Waals surface area contributed by atoms with Crippen LogP contribution in [0.4, 0.5) is 17.3 Å². The second kappa shape index (κ2) is 9.40. The summed E-state index contributed by atoms with van der Waals surface area (Å²) >= 11 is 1.30. The van der Waals surface area contributed by atoms with Crippen LogP contribution in [-0.4, -0.2) is 67.3 Å². The quantitative estimate of drug-likeness (QED) is 0.423. The molecule has 1 fully saturated rings. The Morgan fingerprint density at radius 1 is 1.03 bits per heavy atom. The van der Waals surface area contributed by atoms with Gasteiger partial charge in [-0.05, 0) is 48.8 Å². The molecule has 0 aliphatic carbocycles. The van der Waals surface area contributed by atoms with Crippen molar-refractivity contribution in [2.45, 2.75) is 11.4 Å². The van der Waals surface area contributed by atoms with E-state index in [1.54, 1.807) is 23.7 Å². The minimum absolute atomic E-state index is 0.117. The Bertz CT molecular complexity index is 1520. The zero-order valence-corrected chi connectivity index (χ0v) is 21.1. The van der Waals surface area contributed by atoms with E-state index in [0.717, 1.165) is 31.9 Å². The Balaban J connectivity index is 1.42. The molecule has 0 atom stereocenters. The Labute approximate surface area is 207 Å². The fourth-order valence-electron chi connectivity index (χ4n) is 4.15. The molecule has 5 rings (SSSR count). The van der Waals surface area contributed by atoms with Crippen LogP contribution in [0.2, 0.25) is 0 Å². The third kappa shape index (κ3) is 5.07. The standard InChI is InChI=1S/C24H26N6O3S2/c1-28-10-12-29(13-11-28)19-6-4-18(5-7-19)26-24-25-15-17-3-8-22(31)30(23(17)27-24)16-20-21(9-14-34-20)35(2,32)33/h3-9,14-15H,10-13,16H2,1-2H3,(H,25,26,27). The highest BCUT2D eigenvalue weighted by Gasteiger charge is 2.17. The normalized spacial score (nSPS) is 15.0. The molecular formula is C24H26N6O3S2. The molecule has 3 aromatic heterocycles. The van der Waals surface area contributed by atoms with Crippen molar-refractivity contribution in [3.63, 3.8) is 0 Å². The number of nitrogens with one attached hydrogen (secondary N) is 1. The molecule has 0 amide bonds. The van der Waals surface area contributed by atoms with E-state index in [4.69, 9.17) is 0 Å². The van der Waals surface area contributed by atoms with Crippen molar-refractivity contribution in [3.05, 3.63) is 69.3 Å². The summed E-state index contributed by atoms with van der Waals surface area (Å²) in [5.41, 5.74) is 2.20. The molecule has 35 heavy (non-hydrogen) atoms. The van der Waals surface area contributed by atoms with Crippen molar-refractivity contribution < 1.29 is 8.42 Å². The zero-order chi connectivity index (χ0) is 24.6. The molecule has 0 bridgehead atoms. The molecule has 0 unspecified atom stereocenters. The number of benzene rings is 1. The van der Waals surface area contributed by atoms with Crippen LogP contribution in [0.3, 0.4) is 0 Å². The SMILES string of the molecule is CN1CCN(c2ccc(Nc3ncc4ccc(=O)n(Cc5sccc5S(C)(=O)=O)c4n3)cc2)CC1. The van der Waals surface area contributed by atoms with Crippen LogP contribution in [-0.2, 0) is 16.4 Å². The molecule has 4 aromatic rings. The Hall–Kier alpha value is -3.28. The highest BCUT2D eigenvalue weighted by Crippen LogP contribution is 2.25. The summed E-state index contributed by atoms with van der Waals surface area (Å²) in [6, 6.07) is 12.8. The van der Waals surface area contributed by atoms with E-state index in [0.29, 0.717) is 21.9 Å². The number of pyridine rings is 1. The summed E-state index contributed by atoms with van der Waals surface area (Å²) < 4.78 is 25.7. The molecule has 1 aromatic carbocycles. The Morgan fingerprint density at radius 2 is 1.77 bits per heavy atom. The molecule has 1 aliphatic heterocycles. The smallest absolute Gasteiger partial charge is 0.252 e. The lowest BCUT2D eigenvalue weighted by Crippen LogP contribution is -2.44. The molecule has 11 heteroatoms. The number of hydrogen-bond donors (Lipinski definition) is 1. The van der Waals surface area contributed by atoms with Crippen LogP contribution >= 0.6 is 11.3 Å². The molecule has 1 N–H and O–H groups in total. The van der Waals surface area contributed by atoms with Gasteiger partial charge in [-0.1, -0.05) is 0 Å². The molecule has 1 saturated heterocycles. The topological polar surface area (TPSA) is 100 Å². The number of thiophene rings is 1. The number of anilines is 3. The number of rotatable bonds is 6. The fraction of sp³-hybridized carbons (Fsp3) is 0.292. The maximum atomic E-state index is 12.7. The van der Waals surface area contributed by atoms with Gasteiger partial charge in [-0.15, -0.1) is 11.3 Å². The molecule has 0 saturated carbocycles. The molecular weight excluding hydrogens is 484 g/mol. The second-order valence-corrected chi connectivity index (χ2v) is 11.7. The minimum Gasteiger partial charge on any atom is -0.369 e. The van der Waals surface area contributed by atoms with Crippen LogP contribution in [0.5, 0.6) is 0 Å². The summed E-state index contributed by atoms with van der Waals surface area (Å²) in [4.78, 5) is 27.2. The summed E-state index contributed by atoms with van der Waals surface area (Å²) in [6.45, 7) is 4.21. The number of hydrogen-bond acceptors (Lipinski definition) is 9. The predicted molar refractivity (Wildman–Crippen MR) is 140 cm³/mol. The van der Waals surface area contributed by atoms with Crippen LogP contribution in [0.25, 0.3) is 11.0 Å². The molecule has 0 radical (unpaired) electrons. The van der Waals surface area contributed by atoms with Crippen molar-refractivity contribution in [1.29, 1.82) is 0 Å². The van der Waals surface area contributed by atoms with Gasteiger partial charge in [0.2, 0.25) is 5.95 Å². The van der Waals surface area contributed by atoms with Crippen molar-refractivity contribution in [2.75, 3.05) is 49.7 Å². The molecule has 9 nitrogen and oxygen atoms in total. The van der Waals surface area contributed by atoms with E-state index in [1.165, 1.54) is 33.9 Å². The monoisotopic (exact) mass is 510 g/mol. The van der Waals surface area contributed by atoms with E-state index in [-0.39, 0.29) is 17.0 Å². The lowest BCUT2D eigenvalue weighted by atomic mass is 10.2. The number of fused-ring (bicyclic) bond motifs is 1. The van der Waals surface area contributed by atoms with Crippen molar-refractivity contribution in [1.82, 2.24) is 19.4 Å². The van der Waals surface area contributed by atoms with Crippen LogP contribution in [0.15, 0.2) is 63.7 Å². The van der Waals surface area contributed by atoms with E-state index in [2.05, 4.69) is 44.3 Å². The van der Waals surface area contributed by atoms with Crippen LogP contribution < -0.4 is 15.8 Å². The van der Waals surface area contributed by atoms with Gasteiger partial charge in [-0.3, -0.25) is 9.36 Å². The van der Waals surface area contributed by atoms with Crippen molar-refractivity contribution >= 4 is 49.5 Å². The maximum Gasteiger partial charge on any atom is 0.252 e. The molecule has 1 aliphatic rings. The van der Waals surface area contributed by atoms with Gasteiger partial charge >= 0.3 is 0 Å². The largest absolute Gasteiger partial charge is 0.369 e. The minimum atomic E-state index is -3.40. The number of likely N-dealkylation sites (N-methyl/N-ethyl adjacent to an activating group) is 1. The van der Waals surface area contributed by atoms with Crippen LogP contribution in [0.1, 0.15) is 4.88 Å². The van der Waals surface area contributed by atoms with Gasteiger partial charge in [-0.25, -0.2) is 13.4 Å². The Kier molecular flexibility index (Phi) is 6.30. The average molecular weight is 511 g/mol. The highest BCUT2D eigenvalue weighted by atomic mass is 32.2. The predicted octanol–water partition coefficient (Wildman–Crippen LogP) is 2.80. The molecule has 182 valence electrons. The van der Waals surface area contributed by atoms with Gasteiger partial charge in [0.25, 0.3) is 5.56 Å². The Morgan fingerprint density at radius 3 is 2.49 bits per heavy atom. The third-order valence-electron chi connectivity index (χ3n) is 6.12. The van der Waals surface area contributed by atoms with Gasteiger partial charge in [0.1, 0.15) is 5.65 Å². The number of piperazine rings is 1. The van der Waals surface area contributed by atoms with Gasteiger partial charge in [0, 0.05) is 66.3 Å². The first-order valence-electron chi connectivity index (χ1n) is 11.2. The van der Waals surface area contributed by atoms with E-state index >= 15 is 0 Å². The third-order valence-corrected chi connectivity index (χ3v) is 8.34. The summed E-state index contributed by atoms with van der Waals surface area (Å²) in [6.07, 6.45) is 2.83. The highest BCUT2D eigenvalue weighted by molar-refractivity contribution is 7.90. The second-order valence-electron chi connectivity index (χ2n) is 8.67. The molecule has 0 spiro atoms.